The predicted molar refractivity (Wildman–Crippen MR) is 134 cm³/mol. The van der Waals surface area contributed by atoms with Gasteiger partial charge in [0.05, 0.1) is 13.7 Å². The molecule has 3 aromatic carbocycles. The molecule has 0 saturated carbocycles. The van der Waals surface area contributed by atoms with Gasteiger partial charge in [-0.2, -0.15) is 0 Å². The topological polar surface area (TPSA) is 65.6 Å². The first-order valence-electron chi connectivity index (χ1n) is 12.1. The number of amides is 2. The second kappa shape index (κ2) is 8.82. The SMILES string of the molecule is COc1ccccc1C1c2[nH]c3ccccc3c2C[C@H]2C(=O)N(CCc3ccc(F)cc3)CC(=O)N12. The van der Waals surface area contributed by atoms with Crippen molar-refractivity contribution in [2.24, 2.45) is 0 Å². The van der Waals surface area contributed by atoms with E-state index in [4.69, 9.17) is 4.74 Å². The highest BCUT2D eigenvalue weighted by Crippen LogP contribution is 2.44. The van der Waals surface area contributed by atoms with Gasteiger partial charge in [0, 0.05) is 35.1 Å². The van der Waals surface area contributed by atoms with E-state index >= 15 is 0 Å². The Kier molecular flexibility index (Phi) is 5.48. The van der Waals surface area contributed by atoms with Crippen molar-refractivity contribution in [1.82, 2.24) is 14.8 Å². The lowest BCUT2D eigenvalue weighted by molar-refractivity contribution is -0.158. The van der Waals surface area contributed by atoms with E-state index in [1.807, 2.05) is 42.5 Å². The van der Waals surface area contributed by atoms with Crippen LogP contribution in [0.1, 0.15) is 28.4 Å². The lowest BCUT2D eigenvalue weighted by Gasteiger charge is -2.47. The lowest BCUT2D eigenvalue weighted by Crippen LogP contribution is -2.63. The Hall–Kier alpha value is -4.13. The summed E-state index contributed by atoms with van der Waals surface area (Å²) in [5.41, 5.74) is 4.74. The number of rotatable bonds is 5. The number of carbonyl (C=O) groups is 2. The van der Waals surface area contributed by atoms with Crippen LogP contribution in [0.3, 0.4) is 0 Å². The highest BCUT2D eigenvalue weighted by atomic mass is 19.1. The number of para-hydroxylation sites is 2. The van der Waals surface area contributed by atoms with Crippen molar-refractivity contribution in [3.8, 4) is 5.75 Å². The van der Waals surface area contributed by atoms with Crippen LogP contribution in [0, 0.1) is 5.82 Å². The number of hydrogen-bond donors (Lipinski definition) is 1. The molecule has 4 aromatic rings. The molecule has 2 aliphatic heterocycles. The van der Waals surface area contributed by atoms with Gasteiger partial charge in [0.25, 0.3) is 0 Å². The molecule has 1 fully saturated rings. The molecule has 3 heterocycles. The Balaban J connectivity index is 1.40. The summed E-state index contributed by atoms with van der Waals surface area (Å²) in [5.74, 6) is 0.218. The molecule has 2 aliphatic rings. The summed E-state index contributed by atoms with van der Waals surface area (Å²) in [4.78, 5) is 34.4. The molecule has 7 heteroatoms. The fourth-order valence-electron chi connectivity index (χ4n) is 5.64. The zero-order chi connectivity index (χ0) is 24.8. The Morgan fingerprint density at radius 2 is 1.75 bits per heavy atom. The molecule has 36 heavy (non-hydrogen) atoms. The van der Waals surface area contributed by atoms with Crippen molar-refractivity contribution >= 4 is 22.7 Å². The largest absolute Gasteiger partial charge is 0.496 e. The summed E-state index contributed by atoms with van der Waals surface area (Å²) in [6.45, 7) is 0.415. The standard InChI is InChI=1S/C29H26FN3O3/c1-36-25-9-5-3-7-21(25)28-27-22(20-6-2-4-8-23(20)31-27)16-24-29(35)32(17-26(34)33(24)28)15-14-18-10-12-19(30)13-11-18/h2-13,24,28,31H,14-17H2,1H3/t24-,28?/m0/s1. The number of H-pyrrole nitrogens is 1. The first kappa shape index (κ1) is 22.3. The monoisotopic (exact) mass is 483 g/mol. The second-order valence-corrected chi connectivity index (χ2v) is 9.36. The van der Waals surface area contributed by atoms with Crippen LogP contribution in [-0.4, -0.2) is 52.8 Å². The van der Waals surface area contributed by atoms with Gasteiger partial charge in [-0.1, -0.05) is 48.5 Å². The number of piperazine rings is 1. The summed E-state index contributed by atoms with van der Waals surface area (Å²) >= 11 is 0. The average Bonchev–Trinajstić information content (AvgIpc) is 3.28. The van der Waals surface area contributed by atoms with Crippen LogP contribution in [-0.2, 0) is 22.4 Å². The zero-order valence-corrected chi connectivity index (χ0v) is 19.9. The van der Waals surface area contributed by atoms with Crippen molar-refractivity contribution in [3.63, 3.8) is 0 Å². The van der Waals surface area contributed by atoms with E-state index in [-0.39, 0.29) is 24.2 Å². The minimum absolute atomic E-state index is 0.0116. The van der Waals surface area contributed by atoms with E-state index in [1.54, 1.807) is 29.0 Å². The number of nitrogens with zero attached hydrogens (tertiary/aromatic N) is 2. The molecule has 2 atom stereocenters. The van der Waals surface area contributed by atoms with E-state index < -0.39 is 12.1 Å². The maximum atomic E-state index is 13.8. The van der Waals surface area contributed by atoms with Gasteiger partial charge in [-0.15, -0.1) is 0 Å². The van der Waals surface area contributed by atoms with Crippen molar-refractivity contribution in [3.05, 3.63) is 101 Å². The molecule has 0 spiro atoms. The minimum Gasteiger partial charge on any atom is -0.496 e. The van der Waals surface area contributed by atoms with Crippen molar-refractivity contribution in [2.75, 3.05) is 20.2 Å². The first-order chi connectivity index (χ1) is 17.5. The van der Waals surface area contributed by atoms with Gasteiger partial charge < -0.3 is 19.5 Å². The Morgan fingerprint density at radius 3 is 2.56 bits per heavy atom. The third-order valence-electron chi connectivity index (χ3n) is 7.36. The Labute approximate surface area is 208 Å². The number of ether oxygens (including phenoxy) is 1. The Morgan fingerprint density at radius 1 is 1.00 bits per heavy atom. The van der Waals surface area contributed by atoms with E-state index in [1.165, 1.54) is 12.1 Å². The molecule has 1 aromatic heterocycles. The van der Waals surface area contributed by atoms with Crippen molar-refractivity contribution < 1.29 is 18.7 Å². The van der Waals surface area contributed by atoms with Gasteiger partial charge in [0.1, 0.15) is 23.7 Å². The Bertz CT molecular complexity index is 1460. The van der Waals surface area contributed by atoms with Crippen LogP contribution in [0.4, 0.5) is 4.39 Å². The number of aromatic amines is 1. The highest BCUT2D eigenvalue weighted by molar-refractivity contribution is 5.97. The van der Waals surface area contributed by atoms with Crippen LogP contribution in [0.25, 0.3) is 10.9 Å². The third-order valence-corrected chi connectivity index (χ3v) is 7.36. The number of fused-ring (bicyclic) bond motifs is 4. The first-order valence-corrected chi connectivity index (χ1v) is 12.1. The predicted octanol–water partition coefficient (Wildman–Crippen LogP) is 4.24. The fraction of sp³-hybridized carbons (Fsp3) is 0.241. The average molecular weight is 484 g/mol. The number of aromatic nitrogens is 1. The van der Waals surface area contributed by atoms with Gasteiger partial charge >= 0.3 is 0 Å². The van der Waals surface area contributed by atoms with E-state index in [9.17, 15) is 14.0 Å². The number of hydrogen-bond acceptors (Lipinski definition) is 3. The van der Waals surface area contributed by atoms with Crippen LogP contribution < -0.4 is 4.74 Å². The maximum absolute atomic E-state index is 13.8. The van der Waals surface area contributed by atoms with Crippen LogP contribution in [0.5, 0.6) is 5.75 Å². The van der Waals surface area contributed by atoms with E-state index in [2.05, 4.69) is 11.1 Å². The van der Waals surface area contributed by atoms with Crippen molar-refractivity contribution in [1.29, 1.82) is 0 Å². The van der Waals surface area contributed by atoms with Gasteiger partial charge in [-0.3, -0.25) is 9.59 Å². The molecule has 0 radical (unpaired) electrons. The number of nitrogens with one attached hydrogen (secondary N) is 1. The van der Waals surface area contributed by atoms with Crippen LogP contribution in [0.15, 0.2) is 72.8 Å². The summed E-state index contributed by atoms with van der Waals surface area (Å²) < 4.78 is 19.0. The molecule has 1 saturated heterocycles. The molecule has 6 rings (SSSR count). The molecule has 0 bridgehead atoms. The maximum Gasteiger partial charge on any atom is 0.246 e. The normalized spacial score (nSPS) is 19.4. The fourth-order valence-corrected chi connectivity index (χ4v) is 5.64. The van der Waals surface area contributed by atoms with Gasteiger partial charge in [-0.25, -0.2) is 4.39 Å². The summed E-state index contributed by atoms with van der Waals surface area (Å²) in [5, 5.41) is 1.07. The highest BCUT2D eigenvalue weighted by Gasteiger charge is 2.48. The quantitative estimate of drug-likeness (QED) is 0.462. The third kappa shape index (κ3) is 3.63. The van der Waals surface area contributed by atoms with Gasteiger partial charge in [0.2, 0.25) is 11.8 Å². The number of benzene rings is 3. The molecule has 1 unspecified atom stereocenters. The summed E-state index contributed by atoms with van der Waals surface area (Å²) in [7, 11) is 1.62. The lowest BCUT2D eigenvalue weighted by atomic mass is 9.86. The molecular formula is C29H26FN3O3. The second-order valence-electron chi connectivity index (χ2n) is 9.36. The minimum atomic E-state index is -0.610. The van der Waals surface area contributed by atoms with Gasteiger partial charge in [0.15, 0.2) is 0 Å². The molecule has 2 amide bonds. The number of halogens is 1. The summed E-state index contributed by atoms with van der Waals surface area (Å²) in [6, 6.07) is 20.9. The molecule has 0 aliphatic carbocycles. The van der Waals surface area contributed by atoms with E-state index in [0.717, 1.165) is 33.3 Å². The van der Waals surface area contributed by atoms with Crippen LogP contribution >= 0.6 is 0 Å². The molecule has 1 N–H and O–H groups in total. The molecular weight excluding hydrogens is 457 g/mol. The zero-order valence-electron chi connectivity index (χ0n) is 19.9. The smallest absolute Gasteiger partial charge is 0.246 e. The number of carbonyl (C=O) groups excluding carboxylic acids is 2. The molecule has 6 nitrogen and oxygen atoms in total. The van der Waals surface area contributed by atoms with Gasteiger partial charge in [-0.05, 0) is 41.8 Å². The van der Waals surface area contributed by atoms with Crippen LogP contribution in [0.2, 0.25) is 0 Å². The van der Waals surface area contributed by atoms with Crippen molar-refractivity contribution in [2.45, 2.75) is 24.9 Å². The molecule has 182 valence electrons. The summed E-state index contributed by atoms with van der Waals surface area (Å²) in [6.07, 6.45) is 1.00. The number of methoxy groups -OCH3 is 1. The van der Waals surface area contributed by atoms with E-state index in [0.29, 0.717) is 25.1 Å².